The van der Waals surface area contributed by atoms with Crippen molar-refractivity contribution in [2.24, 2.45) is 5.92 Å². The van der Waals surface area contributed by atoms with Crippen LogP contribution in [0, 0.1) is 5.92 Å². The summed E-state index contributed by atoms with van der Waals surface area (Å²) in [6.45, 7) is 6.01. The minimum atomic E-state index is -0.273. The molecule has 4 nitrogen and oxygen atoms in total. The molecule has 0 aliphatic carbocycles. The summed E-state index contributed by atoms with van der Waals surface area (Å²) in [6, 6.07) is 6.14. The number of piperidine rings is 1. The SMILES string of the molecule is COCCNCc1ccc(N2CCC(C)C(O)C2)c(Cl)c1. The molecule has 5 heteroatoms. The fourth-order valence-electron chi connectivity index (χ4n) is 2.59. The topological polar surface area (TPSA) is 44.7 Å². The van der Waals surface area contributed by atoms with E-state index in [2.05, 4.69) is 29.3 Å². The van der Waals surface area contributed by atoms with E-state index in [1.54, 1.807) is 7.11 Å². The van der Waals surface area contributed by atoms with Crippen LogP contribution in [0.3, 0.4) is 0 Å². The molecule has 1 aromatic carbocycles. The molecule has 0 saturated carbocycles. The van der Waals surface area contributed by atoms with Gasteiger partial charge in [0.2, 0.25) is 0 Å². The Morgan fingerprint density at radius 2 is 2.29 bits per heavy atom. The van der Waals surface area contributed by atoms with E-state index in [1.165, 1.54) is 0 Å². The molecule has 0 spiro atoms. The first-order valence-corrected chi connectivity index (χ1v) is 7.90. The molecule has 1 saturated heterocycles. The first-order valence-electron chi connectivity index (χ1n) is 7.53. The number of β-amino-alcohol motifs (C(OH)–C–C–N with tert-alkyl or cyclic N) is 1. The third-order valence-electron chi connectivity index (χ3n) is 4.08. The molecule has 0 amide bonds. The number of benzene rings is 1. The molecule has 118 valence electrons. The number of halogens is 1. The van der Waals surface area contributed by atoms with Crippen molar-refractivity contribution in [3.05, 3.63) is 28.8 Å². The highest BCUT2D eigenvalue weighted by Crippen LogP contribution is 2.30. The minimum Gasteiger partial charge on any atom is -0.391 e. The zero-order valence-electron chi connectivity index (χ0n) is 12.8. The highest BCUT2D eigenvalue weighted by Gasteiger charge is 2.25. The summed E-state index contributed by atoms with van der Waals surface area (Å²) in [5.41, 5.74) is 2.18. The lowest BCUT2D eigenvalue weighted by molar-refractivity contribution is 0.103. The van der Waals surface area contributed by atoms with Crippen LogP contribution in [0.1, 0.15) is 18.9 Å². The van der Waals surface area contributed by atoms with Crippen molar-refractivity contribution in [3.63, 3.8) is 0 Å². The molecule has 2 N–H and O–H groups in total. The lowest BCUT2D eigenvalue weighted by Gasteiger charge is -2.36. The third kappa shape index (κ3) is 4.58. The van der Waals surface area contributed by atoms with E-state index in [1.807, 2.05) is 6.07 Å². The maximum atomic E-state index is 10.0. The van der Waals surface area contributed by atoms with Gasteiger partial charge < -0.3 is 20.1 Å². The molecule has 1 aliphatic rings. The van der Waals surface area contributed by atoms with Crippen LogP contribution in [0.2, 0.25) is 5.02 Å². The Labute approximate surface area is 132 Å². The van der Waals surface area contributed by atoms with Gasteiger partial charge in [0.15, 0.2) is 0 Å². The molecule has 1 heterocycles. The third-order valence-corrected chi connectivity index (χ3v) is 4.39. The number of aliphatic hydroxyl groups excluding tert-OH is 1. The minimum absolute atomic E-state index is 0.273. The first kappa shape index (κ1) is 16.6. The van der Waals surface area contributed by atoms with Gasteiger partial charge in [0.05, 0.1) is 23.4 Å². The van der Waals surface area contributed by atoms with Gasteiger partial charge in [0.1, 0.15) is 0 Å². The van der Waals surface area contributed by atoms with Gasteiger partial charge in [0, 0.05) is 33.3 Å². The number of aliphatic hydroxyl groups is 1. The molecule has 0 radical (unpaired) electrons. The Kier molecular flexibility index (Phi) is 6.30. The van der Waals surface area contributed by atoms with Gasteiger partial charge in [-0.1, -0.05) is 24.6 Å². The average molecular weight is 313 g/mol. The average Bonchev–Trinajstić information content (AvgIpc) is 2.47. The van der Waals surface area contributed by atoms with E-state index < -0.39 is 0 Å². The van der Waals surface area contributed by atoms with Crippen molar-refractivity contribution in [1.82, 2.24) is 5.32 Å². The summed E-state index contributed by atoms with van der Waals surface area (Å²) in [5.74, 6) is 0.365. The van der Waals surface area contributed by atoms with E-state index >= 15 is 0 Å². The van der Waals surface area contributed by atoms with Gasteiger partial charge in [0.25, 0.3) is 0 Å². The normalized spacial score (nSPS) is 22.6. The second kappa shape index (κ2) is 7.99. The molecule has 2 atom stereocenters. The van der Waals surface area contributed by atoms with Crippen LogP contribution >= 0.6 is 11.6 Å². The van der Waals surface area contributed by atoms with Crippen molar-refractivity contribution < 1.29 is 9.84 Å². The fraction of sp³-hybridized carbons (Fsp3) is 0.625. The van der Waals surface area contributed by atoms with Gasteiger partial charge in [-0.15, -0.1) is 0 Å². The molecule has 1 fully saturated rings. The predicted octanol–water partition coefficient (Wildman–Crippen LogP) is 2.28. The Bertz CT molecular complexity index is 456. The second-order valence-electron chi connectivity index (χ2n) is 5.73. The van der Waals surface area contributed by atoms with Gasteiger partial charge in [-0.3, -0.25) is 0 Å². The standard InChI is InChI=1S/C16H25ClN2O2/c1-12-5-7-19(11-16(12)20)15-4-3-13(9-14(15)17)10-18-6-8-21-2/h3-4,9,12,16,18,20H,5-8,10-11H2,1-2H3. The van der Waals surface area contributed by atoms with E-state index in [4.69, 9.17) is 16.3 Å². The molecular weight excluding hydrogens is 288 g/mol. The Morgan fingerprint density at radius 3 is 2.95 bits per heavy atom. The first-order chi connectivity index (χ1) is 10.1. The molecule has 2 rings (SSSR count). The molecule has 2 unspecified atom stereocenters. The van der Waals surface area contributed by atoms with Crippen molar-refractivity contribution in [1.29, 1.82) is 0 Å². The monoisotopic (exact) mass is 312 g/mol. The smallest absolute Gasteiger partial charge is 0.0741 e. The van der Waals surface area contributed by atoms with Crippen molar-refractivity contribution >= 4 is 17.3 Å². The number of hydrogen-bond acceptors (Lipinski definition) is 4. The maximum Gasteiger partial charge on any atom is 0.0741 e. The maximum absolute atomic E-state index is 10.0. The summed E-state index contributed by atoms with van der Waals surface area (Å²) in [5, 5.41) is 14.1. The van der Waals surface area contributed by atoms with E-state index in [0.717, 1.165) is 42.3 Å². The number of ether oxygens (including phenoxy) is 1. The number of nitrogens with one attached hydrogen (secondary N) is 1. The lowest BCUT2D eigenvalue weighted by atomic mass is 9.95. The van der Waals surface area contributed by atoms with Crippen LogP contribution < -0.4 is 10.2 Å². The van der Waals surface area contributed by atoms with Crippen molar-refractivity contribution in [2.45, 2.75) is 26.0 Å². The number of rotatable bonds is 6. The Hall–Kier alpha value is -0.810. The fourth-order valence-corrected chi connectivity index (χ4v) is 2.91. The highest BCUT2D eigenvalue weighted by molar-refractivity contribution is 6.33. The van der Waals surface area contributed by atoms with E-state index in [0.29, 0.717) is 19.1 Å². The van der Waals surface area contributed by atoms with Crippen LogP contribution in [-0.2, 0) is 11.3 Å². The zero-order valence-corrected chi connectivity index (χ0v) is 13.6. The predicted molar refractivity (Wildman–Crippen MR) is 87.0 cm³/mol. The van der Waals surface area contributed by atoms with Crippen LogP contribution in [0.25, 0.3) is 0 Å². The number of hydrogen-bond donors (Lipinski definition) is 2. The molecule has 0 bridgehead atoms. The highest BCUT2D eigenvalue weighted by atomic mass is 35.5. The quantitative estimate of drug-likeness (QED) is 0.791. The van der Waals surface area contributed by atoms with Crippen LogP contribution in [0.4, 0.5) is 5.69 Å². The summed E-state index contributed by atoms with van der Waals surface area (Å²) in [4.78, 5) is 2.18. The van der Waals surface area contributed by atoms with Gasteiger partial charge in [-0.25, -0.2) is 0 Å². The van der Waals surface area contributed by atoms with Gasteiger partial charge in [-0.05, 0) is 30.0 Å². The van der Waals surface area contributed by atoms with Gasteiger partial charge in [-0.2, -0.15) is 0 Å². The molecule has 1 aliphatic heterocycles. The summed E-state index contributed by atoms with van der Waals surface area (Å²) >= 11 is 6.41. The molecule has 0 aromatic heterocycles. The lowest BCUT2D eigenvalue weighted by Crippen LogP contribution is -2.43. The second-order valence-corrected chi connectivity index (χ2v) is 6.14. The van der Waals surface area contributed by atoms with Crippen molar-refractivity contribution in [2.75, 3.05) is 38.3 Å². The number of nitrogens with zero attached hydrogens (tertiary/aromatic N) is 1. The Balaban J connectivity index is 1.95. The summed E-state index contributed by atoms with van der Waals surface area (Å²) < 4.78 is 5.00. The van der Waals surface area contributed by atoms with Crippen LogP contribution in [0.5, 0.6) is 0 Å². The van der Waals surface area contributed by atoms with Crippen LogP contribution in [0.15, 0.2) is 18.2 Å². The zero-order chi connectivity index (χ0) is 15.2. The van der Waals surface area contributed by atoms with Crippen molar-refractivity contribution in [3.8, 4) is 0 Å². The summed E-state index contributed by atoms with van der Waals surface area (Å²) in [7, 11) is 1.70. The number of anilines is 1. The van der Waals surface area contributed by atoms with E-state index in [9.17, 15) is 5.11 Å². The Morgan fingerprint density at radius 1 is 1.48 bits per heavy atom. The van der Waals surface area contributed by atoms with E-state index in [-0.39, 0.29) is 6.10 Å². The molecule has 21 heavy (non-hydrogen) atoms. The largest absolute Gasteiger partial charge is 0.391 e. The van der Waals surface area contributed by atoms with Gasteiger partial charge >= 0.3 is 0 Å². The van der Waals surface area contributed by atoms with Crippen LogP contribution in [-0.4, -0.2) is 44.6 Å². The molecule has 1 aromatic rings. The molecular formula is C16H25ClN2O2. The summed E-state index contributed by atoms with van der Waals surface area (Å²) in [6.07, 6.45) is 0.725. The number of methoxy groups -OCH3 is 1.